The van der Waals surface area contributed by atoms with Crippen LogP contribution < -0.4 is 16.5 Å². The second kappa shape index (κ2) is 11.8. The number of imidazole rings is 1. The second-order valence-electron chi connectivity index (χ2n) is 10.2. The number of nitrogens with one attached hydrogen (secondary N) is 2. The van der Waals surface area contributed by atoms with Crippen molar-refractivity contribution < 1.29 is 9.53 Å². The molecule has 1 amide bonds. The quantitative estimate of drug-likeness (QED) is 0.300. The summed E-state index contributed by atoms with van der Waals surface area (Å²) < 4.78 is 7.48. The maximum Gasteiger partial charge on any atom is 0.224 e. The molecule has 11 heteroatoms. The summed E-state index contributed by atoms with van der Waals surface area (Å²) in [5.41, 5.74) is 9.64. The lowest BCUT2D eigenvalue weighted by atomic mass is 10.1. The van der Waals surface area contributed by atoms with Crippen molar-refractivity contribution in [3.8, 4) is 22.6 Å². The molecule has 1 aromatic carbocycles. The van der Waals surface area contributed by atoms with Crippen molar-refractivity contribution in [3.63, 3.8) is 0 Å². The molecule has 0 radical (unpaired) electrons. The molecule has 4 N–H and O–H groups in total. The van der Waals surface area contributed by atoms with Gasteiger partial charge in [-0.15, -0.1) is 12.4 Å². The SMILES string of the molecule is CCn1c(N)c(-c2ncc[nH]2)c(=O)c2ccc(-c3ccc(CC(=O)NCC4COCCN4C4CC4)cc3)nc21.Cl. The number of amides is 1. The summed E-state index contributed by atoms with van der Waals surface area (Å²) in [6.45, 7) is 5.51. The minimum absolute atomic E-state index is 0. The Labute approximate surface area is 238 Å². The molecule has 2 fully saturated rings. The van der Waals surface area contributed by atoms with Gasteiger partial charge in [0.15, 0.2) is 0 Å². The number of rotatable bonds is 8. The van der Waals surface area contributed by atoms with Crippen molar-refractivity contribution in [1.82, 2.24) is 29.7 Å². The summed E-state index contributed by atoms with van der Waals surface area (Å²) in [6.07, 6.45) is 6.07. The number of aromatic nitrogens is 4. The van der Waals surface area contributed by atoms with Crippen molar-refractivity contribution in [2.75, 3.05) is 32.0 Å². The number of aryl methyl sites for hydroxylation is 1. The number of carbonyl (C=O) groups excluding carboxylic acids is 1. The average Bonchev–Trinajstić information content (AvgIpc) is 3.67. The predicted octanol–water partition coefficient (Wildman–Crippen LogP) is 3.00. The molecule has 10 nitrogen and oxygen atoms in total. The first-order valence-corrected chi connectivity index (χ1v) is 13.6. The number of halogens is 1. The first-order valence-electron chi connectivity index (χ1n) is 13.6. The Morgan fingerprint density at radius 2 is 2.00 bits per heavy atom. The highest BCUT2D eigenvalue weighted by molar-refractivity contribution is 5.87. The van der Waals surface area contributed by atoms with Crippen LogP contribution in [0, 0.1) is 0 Å². The van der Waals surface area contributed by atoms with Crippen LogP contribution in [-0.2, 0) is 22.5 Å². The molecule has 6 rings (SSSR count). The number of pyridine rings is 2. The highest BCUT2D eigenvalue weighted by Gasteiger charge is 2.35. The van der Waals surface area contributed by atoms with E-state index in [0.717, 1.165) is 30.0 Å². The number of ether oxygens (including phenoxy) is 1. The lowest BCUT2D eigenvalue weighted by Gasteiger charge is -2.35. The van der Waals surface area contributed by atoms with E-state index in [1.54, 1.807) is 18.5 Å². The van der Waals surface area contributed by atoms with Crippen molar-refractivity contribution in [1.29, 1.82) is 0 Å². The van der Waals surface area contributed by atoms with Crippen LogP contribution >= 0.6 is 12.4 Å². The summed E-state index contributed by atoms with van der Waals surface area (Å²) in [5.74, 6) is 0.774. The van der Waals surface area contributed by atoms with E-state index in [2.05, 4.69) is 20.2 Å². The Kier molecular flexibility index (Phi) is 8.20. The van der Waals surface area contributed by atoms with Gasteiger partial charge in [0.05, 0.1) is 36.8 Å². The van der Waals surface area contributed by atoms with E-state index >= 15 is 0 Å². The lowest BCUT2D eigenvalue weighted by Crippen LogP contribution is -2.52. The summed E-state index contributed by atoms with van der Waals surface area (Å²) in [4.78, 5) is 40.4. The molecular weight excluding hydrogens is 530 g/mol. The molecule has 1 saturated heterocycles. The fraction of sp³-hybridized carbons (Fsp3) is 0.379. The van der Waals surface area contributed by atoms with Crippen molar-refractivity contribution >= 4 is 35.2 Å². The Morgan fingerprint density at radius 3 is 2.70 bits per heavy atom. The molecule has 40 heavy (non-hydrogen) atoms. The standard InChI is InChI=1S/C29H33N7O3.ClH/c1-2-35-27(30)25(28-31-11-12-32-28)26(38)22-9-10-23(34-29(22)35)19-5-3-18(4-6-19)15-24(37)33-16-21-17-39-14-13-36(21)20-7-8-20;/h3-6,9-12,20-21H,2,7-8,13-17,30H2,1H3,(H,31,32)(H,33,37);1H. The molecule has 0 bridgehead atoms. The lowest BCUT2D eigenvalue weighted by molar-refractivity contribution is -0.121. The largest absolute Gasteiger partial charge is 0.384 e. The number of hydrogen-bond acceptors (Lipinski definition) is 7. The predicted molar refractivity (Wildman–Crippen MR) is 157 cm³/mol. The van der Waals surface area contributed by atoms with Gasteiger partial charge >= 0.3 is 0 Å². The summed E-state index contributed by atoms with van der Waals surface area (Å²) in [5, 5.41) is 3.58. The number of carbonyl (C=O) groups is 1. The smallest absolute Gasteiger partial charge is 0.224 e. The number of hydrogen-bond donors (Lipinski definition) is 3. The topological polar surface area (TPSA) is 131 Å². The molecule has 4 aromatic rings. The highest BCUT2D eigenvalue weighted by atomic mass is 35.5. The van der Waals surface area contributed by atoms with Crippen LogP contribution in [-0.4, -0.2) is 68.7 Å². The molecule has 1 aliphatic heterocycles. The Bertz CT molecular complexity index is 1550. The van der Waals surface area contributed by atoms with Gasteiger partial charge < -0.3 is 25.3 Å². The molecule has 1 atom stereocenters. The molecule has 1 aliphatic carbocycles. The van der Waals surface area contributed by atoms with Gasteiger partial charge in [0.1, 0.15) is 22.9 Å². The van der Waals surface area contributed by atoms with E-state index in [-0.39, 0.29) is 29.8 Å². The van der Waals surface area contributed by atoms with Crippen LogP contribution in [0.2, 0.25) is 0 Å². The van der Waals surface area contributed by atoms with Gasteiger partial charge in [0, 0.05) is 43.6 Å². The van der Waals surface area contributed by atoms with E-state index in [9.17, 15) is 9.59 Å². The van der Waals surface area contributed by atoms with Crippen LogP contribution in [0.15, 0.2) is 53.6 Å². The summed E-state index contributed by atoms with van der Waals surface area (Å²) >= 11 is 0. The number of morpholine rings is 1. The van der Waals surface area contributed by atoms with Gasteiger partial charge in [-0.1, -0.05) is 24.3 Å². The van der Waals surface area contributed by atoms with Gasteiger partial charge in [-0.3, -0.25) is 14.5 Å². The third-order valence-electron chi connectivity index (χ3n) is 7.64. The minimum Gasteiger partial charge on any atom is -0.384 e. The molecular formula is C29H34ClN7O3. The third kappa shape index (κ3) is 5.47. The summed E-state index contributed by atoms with van der Waals surface area (Å²) in [6, 6.07) is 12.3. The van der Waals surface area contributed by atoms with Crippen LogP contribution in [0.3, 0.4) is 0 Å². The first kappa shape index (κ1) is 27.8. The number of nitrogen functional groups attached to an aromatic ring is 1. The van der Waals surface area contributed by atoms with E-state index in [0.29, 0.717) is 60.4 Å². The Morgan fingerprint density at radius 1 is 1.20 bits per heavy atom. The zero-order chi connectivity index (χ0) is 26.9. The van der Waals surface area contributed by atoms with Crippen LogP contribution in [0.1, 0.15) is 25.3 Å². The summed E-state index contributed by atoms with van der Waals surface area (Å²) in [7, 11) is 0. The Hall–Kier alpha value is -3.73. The van der Waals surface area contributed by atoms with Crippen molar-refractivity contribution in [2.45, 2.75) is 44.8 Å². The molecule has 3 aromatic heterocycles. The maximum atomic E-state index is 13.3. The number of aromatic amines is 1. The maximum absolute atomic E-state index is 13.3. The number of anilines is 1. The third-order valence-corrected chi connectivity index (χ3v) is 7.64. The number of nitrogens with zero attached hydrogens (tertiary/aromatic N) is 4. The van der Waals surface area contributed by atoms with Crippen molar-refractivity contribution in [2.24, 2.45) is 0 Å². The zero-order valence-corrected chi connectivity index (χ0v) is 23.2. The van der Waals surface area contributed by atoms with Gasteiger partial charge in [-0.25, -0.2) is 9.97 Å². The zero-order valence-electron chi connectivity index (χ0n) is 22.4. The molecule has 1 saturated carbocycles. The highest BCUT2D eigenvalue weighted by Crippen LogP contribution is 2.30. The Balaban J connectivity index is 0.00000323. The van der Waals surface area contributed by atoms with Gasteiger partial charge in [0.2, 0.25) is 11.3 Å². The number of H-pyrrole nitrogens is 1. The first-order chi connectivity index (χ1) is 19.0. The van der Waals surface area contributed by atoms with Crippen molar-refractivity contribution in [3.05, 3.63) is 64.6 Å². The fourth-order valence-corrected chi connectivity index (χ4v) is 5.45. The van der Waals surface area contributed by atoms with E-state index in [1.807, 2.05) is 41.8 Å². The fourth-order valence-electron chi connectivity index (χ4n) is 5.45. The van der Waals surface area contributed by atoms with E-state index in [4.69, 9.17) is 15.5 Å². The molecule has 0 spiro atoms. The van der Waals surface area contributed by atoms with Crippen LogP contribution in [0.4, 0.5) is 5.82 Å². The molecule has 4 heterocycles. The molecule has 1 unspecified atom stereocenters. The normalized spacial score (nSPS) is 17.5. The monoisotopic (exact) mass is 563 g/mol. The number of nitrogens with two attached hydrogens (primary N) is 1. The van der Waals surface area contributed by atoms with Gasteiger partial charge in [-0.05, 0) is 37.5 Å². The molecule has 210 valence electrons. The second-order valence-corrected chi connectivity index (χ2v) is 10.2. The van der Waals surface area contributed by atoms with Crippen LogP contribution in [0.25, 0.3) is 33.7 Å². The number of fused-ring (bicyclic) bond motifs is 1. The van der Waals surface area contributed by atoms with E-state index < -0.39 is 0 Å². The molecule has 2 aliphatic rings. The average molecular weight is 564 g/mol. The van der Waals surface area contributed by atoms with Gasteiger partial charge in [-0.2, -0.15) is 0 Å². The van der Waals surface area contributed by atoms with Crippen LogP contribution in [0.5, 0.6) is 0 Å². The van der Waals surface area contributed by atoms with Gasteiger partial charge in [0.25, 0.3) is 0 Å². The van der Waals surface area contributed by atoms with E-state index in [1.165, 1.54) is 12.8 Å². The minimum atomic E-state index is -0.206. The number of benzene rings is 1.